The zero-order valence-electron chi connectivity index (χ0n) is 10.5. The maximum absolute atomic E-state index is 7.54. The number of nitrogens with one attached hydrogen (secondary N) is 1. The Bertz CT molecular complexity index is 370. The molecule has 0 spiro atoms. The topological polar surface area (TPSA) is 53.1 Å². The van der Waals surface area contributed by atoms with E-state index in [1.807, 2.05) is 6.07 Å². The lowest BCUT2D eigenvalue weighted by atomic mass is 9.97. The highest BCUT2D eigenvalue weighted by Crippen LogP contribution is 2.24. The maximum Gasteiger partial charge on any atom is 0.0953 e. The number of halogens is 2. The molecule has 3 nitrogen and oxygen atoms in total. The number of benzene rings is 1. The molecular weight excluding hydrogens is 269 g/mol. The number of amidine groups is 1. The van der Waals surface area contributed by atoms with Gasteiger partial charge in [0.05, 0.1) is 5.84 Å². The molecule has 2 rings (SSSR count). The van der Waals surface area contributed by atoms with Gasteiger partial charge in [-0.3, -0.25) is 10.3 Å². The van der Waals surface area contributed by atoms with Crippen molar-refractivity contribution >= 4 is 30.6 Å². The van der Waals surface area contributed by atoms with Crippen LogP contribution in [0.25, 0.3) is 0 Å². The van der Waals surface area contributed by atoms with Gasteiger partial charge in [0.2, 0.25) is 0 Å². The molecule has 1 aliphatic heterocycles. The summed E-state index contributed by atoms with van der Waals surface area (Å²) >= 11 is 0. The van der Waals surface area contributed by atoms with E-state index in [0.717, 1.165) is 19.6 Å². The van der Waals surface area contributed by atoms with E-state index in [4.69, 9.17) is 11.1 Å². The number of nitrogens with two attached hydrogens (primary N) is 1. The largest absolute Gasteiger partial charge is 0.387 e. The fourth-order valence-corrected chi connectivity index (χ4v) is 2.44. The molecule has 1 saturated heterocycles. The SMILES string of the molecule is CC1CN(Cc2ccccc2)CC1C(=N)N.Cl.Cl. The molecular formula is C13H21Cl2N3. The number of rotatable bonds is 3. The molecule has 0 bridgehead atoms. The lowest BCUT2D eigenvalue weighted by Crippen LogP contribution is -2.28. The Morgan fingerprint density at radius 2 is 1.89 bits per heavy atom. The van der Waals surface area contributed by atoms with Crippen molar-refractivity contribution in [1.29, 1.82) is 5.41 Å². The molecule has 1 heterocycles. The first-order chi connectivity index (χ1) is 7.66. The van der Waals surface area contributed by atoms with E-state index in [0.29, 0.717) is 11.8 Å². The summed E-state index contributed by atoms with van der Waals surface area (Å²) < 4.78 is 0. The number of hydrogen-bond donors (Lipinski definition) is 2. The fraction of sp³-hybridized carbons (Fsp3) is 0.462. The van der Waals surface area contributed by atoms with Crippen LogP contribution in [0.4, 0.5) is 0 Å². The third-order valence-electron chi connectivity index (χ3n) is 3.34. The smallest absolute Gasteiger partial charge is 0.0953 e. The van der Waals surface area contributed by atoms with E-state index < -0.39 is 0 Å². The van der Waals surface area contributed by atoms with E-state index >= 15 is 0 Å². The summed E-state index contributed by atoms with van der Waals surface area (Å²) in [4.78, 5) is 2.38. The fourth-order valence-electron chi connectivity index (χ4n) is 2.44. The molecule has 2 atom stereocenters. The summed E-state index contributed by atoms with van der Waals surface area (Å²) in [6.07, 6.45) is 0. The van der Waals surface area contributed by atoms with E-state index in [1.165, 1.54) is 5.56 Å². The Morgan fingerprint density at radius 3 is 2.39 bits per heavy atom. The summed E-state index contributed by atoms with van der Waals surface area (Å²) in [5.41, 5.74) is 6.93. The summed E-state index contributed by atoms with van der Waals surface area (Å²) in [7, 11) is 0. The second-order valence-electron chi connectivity index (χ2n) is 4.72. The van der Waals surface area contributed by atoms with Gasteiger partial charge in [-0.05, 0) is 11.5 Å². The molecule has 1 aliphatic rings. The van der Waals surface area contributed by atoms with Crippen LogP contribution in [0.3, 0.4) is 0 Å². The van der Waals surface area contributed by atoms with E-state index in [1.54, 1.807) is 0 Å². The highest BCUT2D eigenvalue weighted by molar-refractivity contribution is 5.85. The molecule has 0 aliphatic carbocycles. The van der Waals surface area contributed by atoms with Crippen molar-refractivity contribution in [3.05, 3.63) is 35.9 Å². The van der Waals surface area contributed by atoms with Crippen LogP contribution in [-0.2, 0) is 6.54 Å². The van der Waals surface area contributed by atoms with Gasteiger partial charge < -0.3 is 5.73 Å². The standard InChI is InChI=1S/C13H19N3.2ClH/c1-10-7-16(9-12(10)13(14)15)8-11-5-3-2-4-6-11;;/h2-6,10,12H,7-9H2,1H3,(H3,14,15);2*1H. The molecule has 0 amide bonds. The zero-order valence-corrected chi connectivity index (χ0v) is 12.1. The summed E-state index contributed by atoms with van der Waals surface area (Å²) in [6.45, 7) is 5.11. The number of hydrogen-bond acceptors (Lipinski definition) is 2. The normalized spacial score (nSPS) is 22.9. The molecule has 0 aromatic heterocycles. The second kappa shape index (κ2) is 7.62. The van der Waals surface area contributed by atoms with Gasteiger partial charge in [0.25, 0.3) is 0 Å². The average Bonchev–Trinajstić information content (AvgIpc) is 2.61. The van der Waals surface area contributed by atoms with Crippen molar-refractivity contribution < 1.29 is 0 Å². The first kappa shape index (κ1) is 17.2. The van der Waals surface area contributed by atoms with Gasteiger partial charge in [-0.15, -0.1) is 24.8 Å². The van der Waals surface area contributed by atoms with Gasteiger partial charge in [0, 0.05) is 25.6 Å². The predicted molar refractivity (Wildman–Crippen MR) is 80.8 cm³/mol. The van der Waals surface area contributed by atoms with Crippen LogP contribution in [-0.4, -0.2) is 23.8 Å². The van der Waals surface area contributed by atoms with Gasteiger partial charge in [0.15, 0.2) is 0 Å². The van der Waals surface area contributed by atoms with Crippen LogP contribution in [0.1, 0.15) is 12.5 Å². The summed E-state index contributed by atoms with van der Waals surface area (Å²) in [6, 6.07) is 10.5. The first-order valence-electron chi connectivity index (χ1n) is 5.77. The third kappa shape index (κ3) is 4.16. The van der Waals surface area contributed by atoms with Gasteiger partial charge in [-0.1, -0.05) is 37.3 Å². The third-order valence-corrected chi connectivity index (χ3v) is 3.34. The first-order valence-corrected chi connectivity index (χ1v) is 5.77. The minimum atomic E-state index is 0. The van der Waals surface area contributed by atoms with Crippen LogP contribution in [0.15, 0.2) is 30.3 Å². The second-order valence-corrected chi connectivity index (χ2v) is 4.72. The molecule has 0 radical (unpaired) electrons. The molecule has 3 N–H and O–H groups in total. The Hall–Kier alpha value is -0.770. The molecule has 0 saturated carbocycles. The highest BCUT2D eigenvalue weighted by Gasteiger charge is 2.31. The highest BCUT2D eigenvalue weighted by atomic mass is 35.5. The summed E-state index contributed by atoms with van der Waals surface area (Å²) in [5, 5.41) is 7.54. The Labute approximate surface area is 121 Å². The Balaban J connectivity index is 0.00000144. The van der Waals surface area contributed by atoms with Crippen molar-refractivity contribution in [3.63, 3.8) is 0 Å². The number of nitrogens with zero attached hydrogens (tertiary/aromatic N) is 1. The maximum atomic E-state index is 7.54. The van der Waals surface area contributed by atoms with Crippen molar-refractivity contribution in [1.82, 2.24) is 4.90 Å². The summed E-state index contributed by atoms with van der Waals surface area (Å²) in [5.74, 6) is 1.08. The molecule has 18 heavy (non-hydrogen) atoms. The number of likely N-dealkylation sites (tertiary alicyclic amines) is 1. The van der Waals surface area contributed by atoms with Crippen molar-refractivity contribution in [2.24, 2.45) is 17.6 Å². The molecule has 102 valence electrons. The van der Waals surface area contributed by atoms with E-state index in [2.05, 4.69) is 36.1 Å². The zero-order chi connectivity index (χ0) is 11.5. The average molecular weight is 290 g/mol. The minimum absolute atomic E-state index is 0. The van der Waals surface area contributed by atoms with Crippen molar-refractivity contribution in [2.45, 2.75) is 13.5 Å². The van der Waals surface area contributed by atoms with Gasteiger partial charge in [0.1, 0.15) is 0 Å². The van der Waals surface area contributed by atoms with Crippen LogP contribution in [0.2, 0.25) is 0 Å². The predicted octanol–water partition coefficient (Wildman–Crippen LogP) is 2.53. The minimum Gasteiger partial charge on any atom is -0.387 e. The van der Waals surface area contributed by atoms with Gasteiger partial charge in [-0.2, -0.15) is 0 Å². The van der Waals surface area contributed by atoms with E-state index in [-0.39, 0.29) is 30.7 Å². The van der Waals surface area contributed by atoms with Crippen LogP contribution >= 0.6 is 24.8 Å². The Kier molecular flexibility index (Phi) is 7.29. The van der Waals surface area contributed by atoms with Gasteiger partial charge >= 0.3 is 0 Å². The lowest BCUT2D eigenvalue weighted by Gasteiger charge is -2.15. The molecule has 1 aromatic rings. The van der Waals surface area contributed by atoms with Crippen molar-refractivity contribution in [3.8, 4) is 0 Å². The Morgan fingerprint density at radius 1 is 1.28 bits per heavy atom. The van der Waals surface area contributed by atoms with Crippen LogP contribution in [0.5, 0.6) is 0 Å². The van der Waals surface area contributed by atoms with Crippen molar-refractivity contribution in [2.75, 3.05) is 13.1 Å². The monoisotopic (exact) mass is 289 g/mol. The van der Waals surface area contributed by atoms with Crippen LogP contribution < -0.4 is 5.73 Å². The quantitative estimate of drug-likeness (QED) is 0.664. The van der Waals surface area contributed by atoms with Gasteiger partial charge in [-0.25, -0.2) is 0 Å². The lowest BCUT2D eigenvalue weighted by molar-refractivity contribution is 0.318. The van der Waals surface area contributed by atoms with Crippen LogP contribution in [0, 0.1) is 17.2 Å². The molecule has 1 fully saturated rings. The molecule has 2 unspecified atom stereocenters. The molecule has 5 heteroatoms. The van der Waals surface area contributed by atoms with E-state index in [9.17, 15) is 0 Å². The molecule has 1 aromatic carbocycles.